The van der Waals surface area contributed by atoms with Crippen molar-refractivity contribution in [3.8, 4) is 0 Å². The van der Waals surface area contributed by atoms with E-state index in [4.69, 9.17) is 9.15 Å². The van der Waals surface area contributed by atoms with Crippen LogP contribution in [0.2, 0.25) is 0 Å². The number of nitrogens with zero attached hydrogens (tertiary/aromatic N) is 2. The lowest BCUT2D eigenvalue weighted by molar-refractivity contribution is 0.0403. The van der Waals surface area contributed by atoms with E-state index in [9.17, 15) is 5.11 Å². The van der Waals surface area contributed by atoms with Gasteiger partial charge in [0.2, 0.25) is 5.89 Å². The zero-order valence-corrected chi connectivity index (χ0v) is 11.0. The molecule has 5 nitrogen and oxygen atoms in total. The van der Waals surface area contributed by atoms with Gasteiger partial charge in [0, 0.05) is 19.6 Å². The van der Waals surface area contributed by atoms with Crippen LogP contribution in [0.3, 0.4) is 0 Å². The van der Waals surface area contributed by atoms with Gasteiger partial charge in [-0.3, -0.25) is 4.90 Å². The maximum atomic E-state index is 9.57. The summed E-state index contributed by atoms with van der Waals surface area (Å²) in [6.45, 7) is 5.60. The van der Waals surface area contributed by atoms with Gasteiger partial charge in [0.05, 0.1) is 25.5 Å². The van der Waals surface area contributed by atoms with Crippen molar-refractivity contribution in [2.24, 2.45) is 0 Å². The topological polar surface area (TPSA) is 58.7 Å². The normalized spacial score (nSPS) is 13.6. The summed E-state index contributed by atoms with van der Waals surface area (Å²) < 4.78 is 10.5. The Morgan fingerprint density at radius 2 is 2.24 bits per heavy atom. The Bertz CT molecular complexity index is 325. The lowest BCUT2D eigenvalue weighted by Crippen LogP contribution is -2.31. The third-order valence-electron chi connectivity index (χ3n) is 2.43. The molecule has 0 aliphatic heterocycles. The van der Waals surface area contributed by atoms with Crippen LogP contribution in [0.4, 0.5) is 0 Å². The molecule has 0 fully saturated rings. The minimum Gasteiger partial charge on any atom is -0.444 e. The van der Waals surface area contributed by atoms with Gasteiger partial charge in [0.15, 0.2) is 0 Å². The number of aliphatic hydroxyl groups is 1. The van der Waals surface area contributed by atoms with Crippen LogP contribution in [0.25, 0.3) is 0 Å². The average molecular weight is 242 g/mol. The van der Waals surface area contributed by atoms with E-state index in [-0.39, 0.29) is 0 Å². The fourth-order valence-corrected chi connectivity index (χ4v) is 1.56. The predicted molar refractivity (Wildman–Crippen MR) is 64.8 cm³/mol. The highest BCUT2D eigenvalue weighted by atomic mass is 16.5. The standard InChI is InChI=1S/C12H22N2O3/c1-9(2)11-5-13-12(17-11)7-14(3)6-10(15)8-16-4/h5,9-10,15H,6-8H2,1-4H3/t10-/m0/s1. The molecule has 1 heterocycles. The van der Waals surface area contributed by atoms with Crippen LogP contribution in [0.5, 0.6) is 0 Å². The van der Waals surface area contributed by atoms with Crippen molar-refractivity contribution in [3.63, 3.8) is 0 Å². The molecule has 0 radical (unpaired) electrons. The second-order valence-corrected chi connectivity index (χ2v) is 4.62. The van der Waals surface area contributed by atoms with E-state index in [1.54, 1.807) is 13.3 Å². The molecular weight excluding hydrogens is 220 g/mol. The molecule has 1 rings (SSSR count). The van der Waals surface area contributed by atoms with E-state index in [0.717, 1.165) is 5.76 Å². The summed E-state index contributed by atoms with van der Waals surface area (Å²) in [7, 11) is 3.49. The SMILES string of the molecule is COC[C@@H](O)CN(C)Cc1ncc(C(C)C)o1. The fourth-order valence-electron chi connectivity index (χ4n) is 1.56. The molecular formula is C12H22N2O3. The zero-order chi connectivity index (χ0) is 12.8. The van der Waals surface area contributed by atoms with Gasteiger partial charge in [0.1, 0.15) is 5.76 Å². The van der Waals surface area contributed by atoms with Crippen molar-refractivity contribution in [1.82, 2.24) is 9.88 Å². The van der Waals surface area contributed by atoms with Gasteiger partial charge in [-0.15, -0.1) is 0 Å². The van der Waals surface area contributed by atoms with Crippen LogP contribution in [0.1, 0.15) is 31.4 Å². The molecule has 0 aliphatic rings. The first-order valence-electron chi connectivity index (χ1n) is 5.83. The highest BCUT2D eigenvalue weighted by Crippen LogP contribution is 2.15. The number of ether oxygens (including phenoxy) is 1. The Labute approximate surface area is 102 Å². The number of hydrogen-bond donors (Lipinski definition) is 1. The van der Waals surface area contributed by atoms with Crippen molar-refractivity contribution in [1.29, 1.82) is 0 Å². The predicted octanol–water partition coefficient (Wildman–Crippen LogP) is 1.24. The summed E-state index contributed by atoms with van der Waals surface area (Å²) >= 11 is 0. The van der Waals surface area contributed by atoms with Gasteiger partial charge < -0.3 is 14.3 Å². The van der Waals surface area contributed by atoms with Gasteiger partial charge in [-0.25, -0.2) is 4.98 Å². The number of aromatic nitrogens is 1. The molecule has 1 aromatic heterocycles. The Kier molecular flexibility index (Phi) is 5.61. The van der Waals surface area contributed by atoms with Crippen LogP contribution in [0, 0.1) is 0 Å². The third kappa shape index (κ3) is 4.85. The lowest BCUT2D eigenvalue weighted by Gasteiger charge is -2.18. The highest BCUT2D eigenvalue weighted by Gasteiger charge is 2.12. The molecule has 0 saturated heterocycles. The molecule has 98 valence electrons. The van der Waals surface area contributed by atoms with E-state index < -0.39 is 6.10 Å². The van der Waals surface area contributed by atoms with Crippen molar-refractivity contribution in [2.75, 3.05) is 27.3 Å². The van der Waals surface area contributed by atoms with Gasteiger partial charge in [0.25, 0.3) is 0 Å². The number of oxazole rings is 1. The quantitative estimate of drug-likeness (QED) is 0.779. The van der Waals surface area contributed by atoms with Gasteiger partial charge in [-0.1, -0.05) is 13.8 Å². The minimum absolute atomic E-state index is 0.340. The van der Waals surface area contributed by atoms with E-state index in [0.29, 0.717) is 31.5 Å². The van der Waals surface area contributed by atoms with Crippen LogP contribution in [-0.4, -0.2) is 48.4 Å². The number of aliphatic hydroxyl groups excluding tert-OH is 1. The minimum atomic E-state index is -0.482. The van der Waals surface area contributed by atoms with Crippen molar-refractivity contribution in [2.45, 2.75) is 32.4 Å². The molecule has 0 aromatic carbocycles. The maximum absolute atomic E-state index is 9.57. The fraction of sp³-hybridized carbons (Fsp3) is 0.750. The summed E-state index contributed by atoms with van der Waals surface area (Å²) in [6.07, 6.45) is 1.28. The van der Waals surface area contributed by atoms with Crippen molar-refractivity contribution < 1.29 is 14.3 Å². The summed E-state index contributed by atoms with van der Waals surface area (Å²) in [4.78, 5) is 6.17. The van der Waals surface area contributed by atoms with E-state index in [1.165, 1.54) is 0 Å². The first kappa shape index (κ1) is 14.2. The smallest absolute Gasteiger partial charge is 0.208 e. The molecule has 0 amide bonds. The van der Waals surface area contributed by atoms with Gasteiger partial charge in [-0.05, 0) is 7.05 Å². The van der Waals surface area contributed by atoms with Gasteiger partial charge in [-0.2, -0.15) is 0 Å². The molecule has 1 aromatic rings. The van der Waals surface area contributed by atoms with Gasteiger partial charge >= 0.3 is 0 Å². The van der Waals surface area contributed by atoms with Crippen LogP contribution in [0.15, 0.2) is 10.6 Å². The summed E-state index contributed by atoms with van der Waals surface area (Å²) in [5, 5.41) is 9.57. The summed E-state index contributed by atoms with van der Waals surface area (Å²) in [5.41, 5.74) is 0. The van der Waals surface area contributed by atoms with E-state index >= 15 is 0 Å². The molecule has 17 heavy (non-hydrogen) atoms. The van der Waals surface area contributed by atoms with Crippen LogP contribution >= 0.6 is 0 Å². The number of hydrogen-bond acceptors (Lipinski definition) is 5. The molecule has 0 saturated carbocycles. The van der Waals surface area contributed by atoms with Crippen molar-refractivity contribution >= 4 is 0 Å². The molecule has 0 bridgehead atoms. The van der Waals surface area contributed by atoms with E-state index in [1.807, 2.05) is 11.9 Å². The Morgan fingerprint density at radius 1 is 1.53 bits per heavy atom. The first-order valence-corrected chi connectivity index (χ1v) is 5.83. The Balaban J connectivity index is 2.41. The summed E-state index contributed by atoms with van der Waals surface area (Å²) in [6, 6.07) is 0. The number of rotatable bonds is 7. The monoisotopic (exact) mass is 242 g/mol. The first-order chi connectivity index (χ1) is 8.02. The van der Waals surface area contributed by atoms with Crippen LogP contribution < -0.4 is 0 Å². The molecule has 0 unspecified atom stereocenters. The molecule has 5 heteroatoms. The molecule has 0 spiro atoms. The zero-order valence-electron chi connectivity index (χ0n) is 11.0. The highest BCUT2D eigenvalue weighted by molar-refractivity contribution is 4.98. The molecule has 1 N–H and O–H groups in total. The largest absolute Gasteiger partial charge is 0.444 e. The Morgan fingerprint density at radius 3 is 2.76 bits per heavy atom. The molecule has 0 aliphatic carbocycles. The van der Waals surface area contributed by atoms with Crippen LogP contribution in [-0.2, 0) is 11.3 Å². The Hall–Kier alpha value is -0.910. The molecule has 1 atom stereocenters. The lowest BCUT2D eigenvalue weighted by atomic mass is 10.2. The maximum Gasteiger partial charge on any atom is 0.208 e. The average Bonchev–Trinajstić information content (AvgIpc) is 2.66. The second-order valence-electron chi connectivity index (χ2n) is 4.62. The number of methoxy groups -OCH3 is 1. The summed E-state index contributed by atoms with van der Waals surface area (Å²) in [5.74, 6) is 1.92. The third-order valence-corrected chi connectivity index (χ3v) is 2.43. The second kappa shape index (κ2) is 6.74. The number of likely N-dealkylation sites (N-methyl/N-ethyl adjacent to an activating group) is 1. The van der Waals surface area contributed by atoms with Crippen molar-refractivity contribution in [3.05, 3.63) is 17.8 Å². The van der Waals surface area contributed by atoms with E-state index in [2.05, 4.69) is 18.8 Å².